The van der Waals surface area contributed by atoms with Crippen LogP contribution in [0, 0.1) is 0 Å². The van der Waals surface area contributed by atoms with Crippen LogP contribution in [0.15, 0.2) is 0 Å². The van der Waals surface area contributed by atoms with Gasteiger partial charge in [0.2, 0.25) is 0 Å². The molecule has 27 heavy (non-hydrogen) atoms. The second-order valence-corrected chi connectivity index (χ2v) is 8.44. The van der Waals surface area contributed by atoms with E-state index in [1.165, 1.54) is 116 Å². The van der Waals surface area contributed by atoms with E-state index >= 15 is 0 Å². The molecule has 2 heteroatoms. The van der Waals surface area contributed by atoms with Crippen LogP contribution in [0.4, 0.5) is 0 Å². The number of amides is 1. The molecule has 0 fully saturated rings. The second kappa shape index (κ2) is 23.5. The summed E-state index contributed by atoms with van der Waals surface area (Å²) in [6.07, 6.45) is 29.1. The Morgan fingerprint density at radius 1 is 0.444 bits per heavy atom. The summed E-state index contributed by atoms with van der Waals surface area (Å²) in [6, 6.07) is 0. The molecule has 0 saturated carbocycles. The first kappa shape index (κ1) is 26.5. The smallest absolute Gasteiger partial charge is 0.312 e. The lowest BCUT2D eigenvalue weighted by molar-refractivity contribution is 0.356. The van der Waals surface area contributed by atoms with E-state index in [9.17, 15) is 4.79 Å². The highest BCUT2D eigenvalue weighted by Crippen LogP contribution is 2.12. The third kappa shape index (κ3) is 21.6. The van der Waals surface area contributed by atoms with E-state index in [1.807, 2.05) is 4.90 Å². The Morgan fingerprint density at radius 3 is 0.963 bits per heavy atom. The van der Waals surface area contributed by atoms with Crippen molar-refractivity contribution in [1.29, 1.82) is 0 Å². The van der Waals surface area contributed by atoms with Gasteiger partial charge in [0.15, 0.2) is 0 Å². The molecule has 1 amide bonds. The number of nitrogens with zero attached hydrogens (tertiary/aromatic N) is 1. The summed E-state index contributed by atoms with van der Waals surface area (Å²) in [5.74, 6) is 0. The SMILES string of the molecule is CCCCCCCCCCCCN([C]=O)CCCCCCCCCCCC. The maximum absolute atomic E-state index is 11.1. The van der Waals surface area contributed by atoms with Crippen molar-refractivity contribution in [2.45, 2.75) is 142 Å². The van der Waals surface area contributed by atoms with Gasteiger partial charge >= 0.3 is 6.41 Å². The Kier molecular flexibility index (Phi) is 23.0. The van der Waals surface area contributed by atoms with E-state index in [-0.39, 0.29) is 0 Å². The predicted molar refractivity (Wildman–Crippen MR) is 121 cm³/mol. The van der Waals surface area contributed by atoms with E-state index in [0.717, 1.165) is 25.9 Å². The van der Waals surface area contributed by atoms with Crippen molar-refractivity contribution in [3.8, 4) is 0 Å². The van der Waals surface area contributed by atoms with Crippen LogP contribution in [0.2, 0.25) is 0 Å². The Hall–Kier alpha value is -0.530. The summed E-state index contributed by atoms with van der Waals surface area (Å²) in [5, 5.41) is 0. The molecule has 1 radical (unpaired) electrons. The summed E-state index contributed by atoms with van der Waals surface area (Å²) >= 11 is 0. The molecule has 0 unspecified atom stereocenters. The van der Waals surface area contributed by atoms with Gasteiger partial charge in [0.05, 0.1) is 0 Å². The molecule has 0 aromatic carbocycles. The highest BCUT2D eigenvalue weighted by Gasteiger charge is 2.02. The molecule has 0 aliphatic rings. The Bertz CT molecular complexity index is 255. The zero-order valence-corrected chi connectivity index (χ0v) is 18.9. The monoisotopic (exact) mass is 380 g/mol. The van der Waals surface area contributed by atoms with E-state index in [2.05, 4.69) is 20.3 Å². The van der Waals surface area contributed by atoms with Gasteiger partial charge in [-0.2, -0.15) is 0 Å². The van der Waals surface area contributed by atoms with Crippen LogP contribution < -0.4 is 0 Å². The average Bonchev–Trinajstić information content (AvgIpc) is 2.69. The van der Waals surface area contributed by atoms with Crippen molar-refractivity contribution >= 4 is 6.41 Å². The molecule has 0 spiro atoms. The van der Waals surface area contributed by atoms with Crippen molar-refractivity contribution < 1.29 is 4.79 Å². The molecule has 0 aromatic heterocycles. The third-order valence-corrected chi connectivity index (χ3v) is 5.69. The summed E-state index contributed by atoms with van der Waals surface area (Å²) in [4.78, 5) is 13.0. The van der Waals surface area contributed by atoms with Gasteiger partial charge in [0.1, 0.15) is 0 Å². The van der Waals surface area contributed by atoms with Gasteiger partial charge in [-0.05, 0) is 12.8 Å². The number of unbranched alkanes of at least 4 members (excludes halogenated alkanes) is 18. The van der Waals surface area contributed by atoms with Gasteiger partial charge in [-0.15, -0.1) is 0 Å². The van der Waals surface area contributed by atoms with Crippen molar-refractivity contribution in [3.63, 3.8) is 0 Å². The van der Waals surface area contributed by atoms with Crippen LogP contribution in [-0.4, -0.2) is 24.4 Å². The van der Waals surface area contributed by atoms with Crippen LogP contribution in [0.3, 0.4) is 0 Å². The van der Waals surface area contributed by atoms with Crippen molar-refractivity contribution in [2.75, 3.05) is 13.1 Å². The van der Waals surface area contributed by atoms with Gasteiger partial charge in [-0.25, -0.2) is 0 Å². The molecule has 0 aromatic rings. The Balaban J connectivity index is 3.29. The fraction of sp³-hybridized carbons (Fsp3) is 0.960. The van der Waals surface area contributed by atoms with Gasteiger partial charge in [0.25, 0.3) is 0 Å². The fourth-order valence-corrected chi connectivity index (χ4v) is 3.78. The van der Waals surface area contributed by atoms with Gasteiger partial charge in [-0.3, -0.25) is 4.79 Å². The summed E-state index contributed by atoms with van der Waals surface area (Å²) in [6.45, 7) is 6.38. The first-order valence-electron chi connectivity index (χ1n) is 12.5. The molecule has 161 valence electrons. The van der Waals surface area contributed by atoms with E-state index in [1.54, 1.807) is 0 Å². The topological polar surface area (TPSA) is 20.3 Å². The van der Waals surface area contributed by atoms with Crippen molar-refractivity contribution in [1.82, 2.24) is 4.90 Å². The van der Waals surface area contributed by atoms with Crippen LogP contribution in [0.5, 0.6) is 0 Å². The molecular weight excluding hydrogens is 330 g/mol. The summed E-state index contributed by atoms with van der Waals surface area (Å²) in [7, 11) is 0. The zero-order valence-electron chi connectivity index (χ0n) is 18.9. The fourth-order valence-electron chi connectivity index (χ4n) is 3.78. The number of carbonyl (C=O) groups excluding carboxylic acids is 1. The number of hydrogen-bond donors (Lipinski definition) is 0. The third-order valence-electron chi connectivity index (χ3n) is 5.69. The lowest BCUT2D eigenvalue weighted by Gasteiger charge is -2.16. The normalized spacial score (nSPS) is 11.0. The second-order valence-electron chi connectivity index (χ2n) is 8.44. The van der Waals surface area contributed by atoms with E-state index in [4.69, 9.17) is 0 Å². The van der Waals surface area contributed by atoms with Crippen LogP contribution in [-0.2, 0) is 4.79 Å². The van der Waals surface area contributed by atoms with E-state index < -0.39 is 0 Å². The highest BCUT2D eigenvalue weighted by atomic mass is 16.1. The predicted octanol–water partition coefficient (Wildman–Crippen LogP) is 8.20. The maximum atomic E-state index is 11.1. The minimum Gasteiger partial charge on any atom is -0.334 e. The maximum Gasteiger partial charge on any atom is 0.312 e. The molecule has 0 N–H and O–H groups in total. The molecular formula is C25H50NO. The molecule has 0 atom stereocenters. The summed E-state index contributed by atoms with van der Waals surface area (Å²) in [5.41, 5.74) is 0. The minimum absolute atomic E-state index is 0.914. The Morgan fingerprint density at radius 2 is 0.704 bits per heavy atom. The van der Waals surface area contributed by atoms with Gasteiger partial charge in [0, 0.05) is 13.1 Å². The van der Waals surface area contributed by atoms with E-state index in [0.29, 0.717) is 0 Å². The number of hydrogen-bond acceptors (Lipinski definition) is 1. The highest BCUT2D eigenvalue weighted by molar-refractivity contribution is 5.47. The first-order chi connectivity index (χ1) is 13.3. The molecule has 0 heterocycles. The van der Waals surface area contributed by atoms with Crippen LogP contribution >= 0.6 is 0 Å². The summed E-state index contributed by atoms with van der Waals surface area (Å²) < 4.78 is 0. The van der Waals surface area contributed by atoms with Crippen LogP contribution in [0.25, 0.3) is 0 Å². The molecule has 2 nitrogen and oxygen atoms in total. The lowest BCUT2D eigenvalue weighted by atomic mass is 10.1. The standard InChI is InChI=1S/C25H50NO/c1-3-5-7-9-11-13-15-17-19-21-23-26(25-27)24-22-20-18-16-14-12-10-8-6-4-2/h3-24H2,1-2H3. The Labute approximate surface area is 171 Å². The van der Waals surface area contributed by atoms with Crippen molar-refractivity contribution in [2.24, 2.45) is 0 Å². The zero-order chi connectivity index (χ0) is 19.8. The lowest BCUT2D eigenvalue weighted by Crippen LogP contribution is -2.24. The largest absolute Gasteiger partial charge is 0.334 e. The molecule has 0 bridgehead atoms. The molecule has 0 saturated heterocycles. The quantitative estimate of drug-likeness (QED) is 0.129. The molecule has 0 aliphatic carbocycles. The molecule has 0 rings (SSSR count). The minimum atomic E-state index is 0.914. The number of rotatable bonds is 23. The van der Waals surface area contributed by atoms with Gasteiger partial charge in [-0.1, -0.05) is 129 Å². The first-order valence-corrected chi connectivity index (χ1v) is 12.5. The average molecular weight is 381 g/mol. The van der Waals surface area contributed by atoms with Crippen LogP contribution in [0.1, 0.15) is 142 Å². The molecule has 0 aliphatic heterocycles. The van der Waals surface area contributed by atoms with Gasteiger partial charge < -0.3 is 4.90 Å². The van der Waals surface area contributed by atoms with Crippen molar-refractivity contribution in [3.05, 3.63) is 0 Å².